The first-order valence-electron chi connectivity index (χ1n) is 9.15. The van der Waals surface area contributed by atoms with Gasteiger partial charge in [-0.15, -0.1) is 11.3 Å². The molecule has 1 N–H and O–H groups in total. The van der Waals surface area contributed by atoms with Gasteiger partial charge in [0.15, 0.2) is 0 Å². The van der Waals surface area contributed by atoms with E-state index < -0.39 is 0 Å². The zero-order valence-electron chi connectivity index (χ0n) is 15.4. The fraction of sp³-hybridized carbons (Fsp3) is 0.130. The molecule has 4 rings (SSSR count). The average molecular weight is 407 g/mol. The van der Waals surface area contributed by atoms with Crippen molar-refractivity contribution in [2.75, 3.05) is 0 Å². The van der Waals surface area contributed by atoms with Crippen LogP contribution in [0.2, 0.25) is 5.02 Å². The van der Waals surface area contributed by atoms with Gasteiger partial charge in [0.25, 0.3) is 5.91 Å². The molecule has 0 aliphatic carbocycles. The molecule has 0 saturated heterocycles. The van der Waals surface area contributed by atoms with Crippen molar-refractivity contribution in [2.24, 2.45) is 0 Å². The summed E-state index contributed by atoms with van der Waals surface area (Å²) in [7, 11) is 0. The van der Waals surface area contributed by atoms with E-state index in [0.29, 0.717) is 17.1 Å². The van der Waals surface area contributed by atoms with E-state index in [1.807, 2.05) is 42.5 Å². The topological polar surface area (TPSA) is 42.0 Å². The van der Waals surface area contributed by atoms with Gasteiger partial charge in [-0.2, -0.15) is 0 Å². The Hall–Kier alpha value is -2.69. The quantitative estimate of drug-likeness (QED) is 0.434. The van der Waals surface area contributed by atoms with Crippen LogP contribution in [0.5, 0.6) is 0 Å². The van der Waals surface area contributed by atoms with Crippen LogP contribution in [0.1, 0.15) is 27.7 Å². The Kier molecular flexibility index (Phi) is 5.42. The Balaban J connectivity index is 1.74. The van der Waals surface area contributed by atoms with Crippen molar-refractivity contribution in [3.63, 3.8) is 0 Å². The highest BCUT2D eigenvalue weighted by Gasteiger charge is 2.15. The molecular weight excluding hydrogens is 388 g/mol. The SMILES string of the molecule is CCc1ccc(-c2cc(C(=O)NCc3ccccc3)c3cc(Cl)ccc3n2)s1. The van der Waals surface area contributed by atoms with Crippen LogP contribution in [-0.4, -0.2) is 10.9 Å². The lowest BCUT2D eigenvalue weighted by molar-refractivity contribution is 0.0952. The number of pyridine rings is 1. The molecule has 5 heteroatoms. The molecule has 0 unspecified atom stereocenters. The van der Waals surface area contributed by atoms with Crippen LogP contribution in [0.15, 0.2) is 66.7 Å². The molecule has 0 spiro atoms. The van der Waals surface area contributed by atoms with E-state index in [1.165, 1.54) is 4.88 Å². The molecule has 1 amide bonds. The molecule has 0 bridgehead atoms. The van der Waals surface area contributed by atoms with E-state index in [0.717, 1.165) is 33.5 Å². The lowest BCUT2D eigenvalue weighted by atomic mass is 10.1. The minimum atomic E-state index is -0.132. The third-order valence-corrected chi connectivity index (χ3v) is 6.06. The van der Waals surface area contributed by atoms with Crippen LogP contribution in [0, 0.1) is 0 Å². The van der Waals surface area contributed by atoms with Crippen LogP contribution in [0.4, 0.5) is 0 Å². The Labute approximate surface area is 173 Å². The second-order valence-corrected chi connectivity index (χ2v) is 8.11. The van der Waals surface area contributed by atoms with Crippen LogP contribution >= 0.6 is 22.9 Å². The summed E-state index contributed by atoms with van der Waals surface area (Å²) in [6.07, 6.45) is 0.984. The summed E-state index contributed by atoms with van der Waals surface area (Å²) in [5.41, 5.74) is 3.21. The van der Waals surface area contributed by atoms with Gasteiger partial charge in [-0.3, -0.25) is 4.79 Å². The zero-order chi connectivity index (χ0) is 19.5. The van der Waals surface area contributed by atoms with Crippen molar-refractivity contribution < 1.29 is 4.79 Å². The molecule has 0 aliphatic rings. The number of carbonyl (C=O) groups excluding carboxylic acids is 1. The number of rotatable bonds is 5. The maximum Gasteiger partial charge on any atom is 0.252 e. The number of aryl methyl sites for hydroxylation is 1. The normalized spacial score (nSPS) is 10.9. The predicted octanol–water partition coefficient (Wildman–Crippen LogP) is 6.11. The molecule has 0 fully saturated rings. The third-order valence-electron chi connectivity index (χ3n) is 4.57. The average Bonchev–Trinajstić information content (AvgIpc) is 3.21. The van der Waals surface area contributed by atoms with Crippen molar-refractivity contribution in [1.82, 2.24) is 10.3 Å². The summed E-state index contributed by atoms with van der Waals surface area (Å²) in [6.45, 7) is 2.60. The first kappa shape index (κ1) is 18.7. The Morgan fingerprint density at radius 1 is 1.07 bits per heavy atom. The van der Waals surface area contributed by atoms with Crippen LogP contribution in [0.25, 0.3) is 21.5 Å². The number of thiophene rings is 1. The smallest absolute Gasteiger partial charge is 0.252 e. The van der Waals surface area contributed by atoms with Gasteiger partial charge in [-0.1, -0.05) is 48.9 Å². The molecule has 2 heterocycles. The first-order valence-corrected chi connectivity index (χ1v) is 10.3. The van der Waals surface area contributed by atoms with E-state index >= 15 is 0 Å². The zero-order valence-corrected chi connectivity index (χ0v) is 17.0. The number of nitrogens with one attached hydrogen (secondary N) is 1. The molecule has 2 aromatic carbocycles. The predicted molar refractivity (Wildman–Crippen MR) is 117 cm³/mol. The summed E-state index contributed by atoms with van der Waals surface area (Å²) < 4.78 is 0. The van der Waals surface area contributed by atoms with Crippen molar-refractivity contribution in [3.05, 3.63) is 87.8 Å². The van der Waals surface area contributed by atoms with Crippen molar-refractivity contribution in [2.45, 2.75) is 19.9 Å². The van der Waals surface area contributed by atoms with Gasteiger partial charge in [0.2, 0.25) is 0 Å². The van der Waals surface area contributed by atoms with E-state index in [9.17, 15) is 4.79 Å². The summed E-state index contributed by atoms with van der Waals surface area (Å²) in [5, 5.41) is 4.36. The summed E-state index contributed by atoms with van der Waals surface area (Å²) in [6, 6.07) is 21.4. The minimum absolute atomic E-state index is 0.132. The molecule has 28 heavy (non-hydrogen) atoms. The molecule has 0 saturated carbocycles. The summed E-state index contributed by atoms with van der Waals surface area (Å²) >= 11 is 7.90. The fourth-order valence-electron chi connectivity index (χ4n) is 3.09. The Morgan fingerprint density at radius 3 is 2.64 bits per heavy atom. The maximum atomic E-state index is 13.0. The van der Waals surface area contributed by atoms with Crippen LogP contribution < -0.4 is 5.32 Å². The van der Waals surface area contributed by atoms with Gasteiger partial charge in [-0.05, 0) is 48.4 Å². The highest BCUT2D eigenvalue weighted by Crippen LogP contribution is 2.31. The highest BCUT2D eigenvalue weighted by molar-refractivity contribution is 7.15. The van der Waals surface area contributed by atoms with Crippen molar-refractivity contribution in [1.29, 1.82) is 0 Å². The standard InChI is InChI=1S/C23H19ClN2OS/c1-2-17-9-11-22(28-17)21-13-19(18-12-16(24)8-10-20(18)26-21)23(27)25-14-15-6-4-3-5-7-15/h3-13H,2,14H2,1H3,(H,25,27). The molecule has 0 aliphatic heterocycles. The minimum Gasteiger partial charge on any atom is -0.348 e. The summed E-state index contributed by atoms with van der Waals surface area (Å²) in [4.78, 5) is 20.1. The number of aromatic nitrogens is 1. The van der Waals surface area contributed by atoms with E-state index in [-0.39, 0.29) is 5.91 Å². The van der Waals surface area contributed by atoms with Crippen molar-refractivity contribution >= 4 is 39.7 Å². The van der Waals surface area contributed by atoms with E-state index in [4.69, 9.17) is 16.6 Å². The lowest BCUT2D eigenvalue weighted by Crippen LogP contribution is -2.23. The van der Waals surface area contributed by atoms with Gasteiger partial charge in [0.05, 0.1) is 21.7 Å². The monoisotopic (exact) mass is 406 g/mol. The first-order chi connectivity index (χ1) is 13.6. The number of hydrogen-bond acceptors (Lipinski definition) is 3. The number of benzene rings is 2. The summed E-state index contributed by atoms with van der Waals surface area (Å²) in [5.74, 6) is -0.132. The van der Waals surface area contributed by atoms with E-state index in [2.05, 4.69) is 24.4 Å². The van der Waals surface area contributed by atoms with Crippen LogP contribution in [0.3, 0.4) is 0 Å². The molecule has 2 aromatic heterocycles. The van der Waals surface area contributed by atoms with Gasteiger partial charge < -0.3 is 5.32 Å². The van der Waals surface area contributed by atoms with Crippen LogP contribution in [-0.2, 0) is 13.0 Å². The second kappa shape index (κ2) is 8.13. The van der Waals surface area contributed by atoms with Gasteiger partial charge >= 0.3 is 0 Å². The van der Waals surface area contributed by atoms with E-state index in [1.54, 1.807) is 23.5 Å². The third kappa shape index (κ3) is 3.93. The molecular formula is C23H19ClN2OS. The second-order valence-electron chi connectivity index (χ2n) is 6.50. The number of halogens is 1. The van der Waals surface area contributed by atoms with Crippen molar-refractivity contribution in [3.8, 4) is 10.6 Å². The number of carbonyl (C=O) groups is 1. The largest absolute Gasteiger partial charge is 0.348 e. The number of nitrogens with zero attached hydrogens (tertiary/aromatic N) is 1. The lowest BCUT2D eigenvalue weighted by Gasteiger charge is -2.10. The number of fused-ring (bicyclic) bond motifs is 1. The van der Waals surface area contributed by atoms with Gasteiger partial charge in [0, 0.05) is 21.8 Å². The Bertz CT molecular complexity index is 1140. The number of amides is 1. The highest BCUT2D eigenvalue weighted by atomic mass is 35.5. The molecule has 3 nitrogen and oxygen atoms in total. The molecule has 0 radical (unpaired) electrons. The maximum absolute atomic E-state index is 13.0. The fourth-order valence-corrected chi connectivity index (χ4v) is 4.17. The van der Waals surface area contributed by atoms with Gasteiger partial charge in [-0.25, -0.2) is 4.98 Å². The molecule has 0 atom stereocenters. The number of hydrogen-bond donors (Lipinski definition) is 1. The molecule has 4 aromatic rings. The Morgan fingerprint density at radius 2 is 1.89 bits per heavy atom. The van der Waals surface area contributed by atoms with Gasteiger partial charge in [0.1, 0.15) is 0 Å². The molecule has 140 valence electrons.